The Morgan fingerprint density at radius 3 is 2.50 bits per heavy atom. The highest BCUT2D eigenvalue weighted by atomic mass is 15.2. The molecule has 0 saturated carbocycles. The molecule has 4 heteroatoms. The monoisotopic (exact) mass is 272 g/mol. The van der Waals surface area contributed by atoms with Crippen LogP contribution >= 0.6 is 0 Å². The Labute approximate surface area is 121 Å². The van der Waals surface area contributed by atoms with Crippen LogP contribution in [0, 0.1) is 0 Å². The molecule has 2 rings (SSSR count). The average Bonchev–Trinajstić information content (AvgIpc) is 2.93. The van der Waals surface area contributed by atoms with Crippen molar-refractivity contribution in [1.82, 2.24) is 20.5 Å². The number of hydrogen-bond acceptors (Lipinski definition) is 3. The van der Waals surface area contributed by atoms with Crippen molar-refractivity contribution >= 4 is 0 Å². The lowest BCUT2D eigenvalue weighted by atomic mass is 9.79. The standard InChI is InChI=1S/C16H24N4/c1-12(19-13(2)15-17-11-18-20-15)10-16(3,4)14-8-6-5-7-9-14/h5-9,11-13,19H,10H2,1-4H3,(H,17,18,20). The first-order valence-corrected chi connectivity index (χ1v) is 7.16. The van der Waals surface area contributed by atoms with Crippen molar-refractivity contribution in [3.05, 3.63) is 48.0 Å². The molecule has 0 radical (unpaired) electrons. The zero-order chi connectivity index (χ0) is 14.6. The third-order valence-corrected chi connectivity index (χ3v) is 3.75. The van der Waals surface area contributed by atoms with Gasteiger partial charge in [-0.2, -0.15) is 5.10 Å². The lowest BCUT2D eigenvalue weighted by Gasteiger charge is -2.30. The molecule has 0 amide bonds. The first-order valence-electron chi connectivity index (χ1n) is 7.16. The van der Waals surface area contributed by atoms with Crippen LogP contribution in [0.3, 0.4) is 0 Å². The lowest BCUT2D eigenvalue weighted by Crippen LogP contribution is -2.35. The van der Waals surface area contributed by atoms with Gasteiger partial charge >= 0.3 is 0 Å². The van der Waals surface area contributed by atoms with Gasteiger partial charge in [0.1, 0.15) is 12.2 Å². The second-order valence-corrected chi connectivity index (χ2v) is 6.11. The molecule has 4 nitrogen and oxygen atoms in total. The SMILES string of the molecule is CC(CC(C)(C)c1ccccc1)NC(C)c1ncn[nH]1. The molecule has 1 heterocycles. The van der Waals surface area contributed by atoms with Crippen molar-refractivity contribution < 1.29 is 0 Å². The molecular weight excluding hydrogens is 248 g/mol. The molecule has 2 aromatic rings. The smallest absolute Gasteiger partial charge is 0.141 e. The average molecular weight is 272 g/mol. The van der Waals surface area contributed by atoms with Gasteiger partial charge in [-0.25, -0.2) is 4.98 Å². The molecule has 2 atom stereocenters. The maximum absolute atomic E-state index is 4.19. The molecule has 1 aromatic heterocycles. The topological polar surface area (TPSA) is 53.6 Å². The highest BCUT2D eigenvalue weighted by Gasteiger charge is 2.24. The molecule has 0 aliphatic rings. The number of benzene rings is 1. The van der Waals surface area contributed by atoms with Crippen LogP contribution in [-0.4, -0.2) is 21.2 Å². The van der Waals surface area contributed by atoms with Gasteiger partial charge in [0.05, 0.1) is 6.04 Å². The van der Waals surface area contributed by atoms with Gasteiger partial charge in [-0.05, 0) is 31.2 Å². The third-order valence-electron chi connectivity index (χ3n) is 3.75. The number of nitrogens with zero attached hydrogens (tertiary/aromatic N) is 2. The molecule has 0 fully saturated rings. The number of nitrogens with one attached hydrogen (secondary N) is 2. The maximum atomic E-state index is 4.19. The van der Waals surface area contributed by atoms with Crippen LogP contribution < -0.4 is 5.32 Å². The molecule has 0 spiro atoms. The second kappa shape index (κ2) is 6.18. The fraction of sp³-hybridized carbons (Fsp3) is 0.500. The summed E-state index contributed by atoms with van der Waals surface area (Å²) < 4.78 is 0. The summed E-state index contributed by atoms with van der Waals surface area (Å²) in [7, 11) is 0. The van der Waals surface area contributed by atoms with Crippen LogP contribution in [0.1, 0.15) is 51.5 Å². The van der Waals surface area contributed by atoms with Gasteiger partial charge in [0.2, 0.25) is 0 Å². The number of rotatable bonds is 6. The van der Waals surface area contributed by atoms with Gasteiger partial charge in [-0.1, -0.05) is 44.2 Å². The molecule has 108 valence electrons. The predicted octanol–water partition coefficient (Wildman–Crippen LogP) is 3.21. The van der Waals surface area contributed by atoms with Gasteiger partial charge in [0, 0.05) is 6.04 Å². The summed E-state index contributed by atoms with van der Waals surface area (Å²) in [6, 6.07) is 11.2. The van der Waals surface area contributed by atoms with E-state index in [2.05, 4.69) is 78.5 Å². The maximum Gasteiger partial charge on any atom is 0.141 e. The van der Waals surface area contributed by atoms with Gasteiger partial charge in [0.25, 0.3) is 0 Å². The van der Waals surface area contributed by atoms with Crippen molar-refractivity contribution in [2.24, 2.45) is 0 Å². The number of H-pyrrole nitrogens is 1. The van der Waals surface area contributed by atoms with E-state index in [9.17, 15) is 0 Å². The Morgan fingerprint density at radius 2 is 1.90 bits per heavy atom. The van der Waals surface area contributed by atoms with Crippen molar-refractivity contribution in [2.75, 3.05) is 0 Å². The Hall–Kier alpha value is -1.68. The molecule has 0 saturated heterocycles. The molecular formula is C16H24N4. The molecule has 20 heavy (non-hydrogen) atoms. The van der Waals surface area contributed by atoms with E-state index < -0.39 is 0 Å². The van der Waals surface area contributed by atoms with E-state index in [0.29, 0.717) is 6.04 Å². The Balaban J connectivity index is 1.95. The van der Waals surface area contributed by atoms with Crippen molar-refractivity contribution in [3.8, 4) is 0 Å². The third kappa shape index (κ3) is 3.67. The molecule has 0 bridgehead atoms. The van der Waals surface area contributed by atoms with Crippen molar-refractivity contribution in [3.63, 3.8) is 0 Å². The Kier molecular flexibility index (Phi) is 4.55. The van der Waals surface area contributed by atoms with E-state index in [1.807, 2.05) is 0 Å². The van der Waals surface area contributed by atoms with E-state index >= 15 is 0 Å². The van der Waals surface area contributed by atoms with Crippen LogP contribution in [0.4, 0.5) is 0 Å². The Bertz CT molecular complexity index is 505. The minimum absolute atomic E-state index is 0.148. The van der Waals surface area contributed by atoms with E-state index in [0.717, 1.165) is 12.2 Å². The molecule has 1 aromatic carbocycles. The van der Waals surface area contributed by atoms with Crippen molar-refractivity contribution in [1.29, 1.82) is 0 Å². The number of aromatic amines is 1. The van der Waals surface area contributed by atoms with Crippen LogP contribution in [0.5, 0.6) is 0 Å². The van der Waals surface area contributed by atoms with Crippen LogP contribution in [0.2, 0.25) is 0 Å². The van der Waals surface area contributed by atoms with Crippen LogP contribution in [-0.2, 0) is 5.41 Å². The van der Waals surface area contributed by atoms with E-state index in [4.69, 9.17) is 0 Å². The molecule has 0 aliphatic carbocycles. The van der Waals surface area contributed by atoms with Gasteiger partial charge in [0.15, 0.2) is 0 Å². The van der Waals surface area contributed by atoms with E-state index in [1.165, 1.54) is 5.56 Å². The minimum Gasteiger partial charge on any atom is -0.305 e. The summed E-state index contributed by atoms with van der Waals surface area (Å²) >= 11 is 0. The van der Waals surface area contributed by atoms with Gasteiger partial charge < -0.3 is 5.32 Å². The largest absolute Gasteiger partial charge is 0.305 e. The van der Waals surface area contributed by atoms with Gasteiger partial charge in [-0.3, -0.25) is 5.10 Å². The Morgan fingerprint density at radius 1 is 1.20 bits per heavy atom. The van der Waals surface area contributed by atoms with Gasteiger partial charge in [-0.15, -0.1) is 0 Å². The summed E-state index contributed by atoms with van der Waals surface area (Å²) in [5.41, 5.74) is 1.52. The summed E-state index contributed by atoms with van der Waals surface area (Å²) in [6.45, 7) is 8.91. The fourth-order valence-electron chi connectivity index (χ4n) is 2.76. The number of aromatic nitrogens is 3. The fourth-order valence-corrected chi connectivity index (χ4v) is 2.76. The predicted molar refractivity (Wildman–Crippen MR) is 81.5 cm³/mol. The zero-order valence-corrected chi connectivity index (χ0v) is 12.7. The zero-order valence-electron chi connectivity index (χ0n) is 12.7. The minimum atomic E-state index is 0.148. The summed E-state index contributed by atoms with van der Waals surface area (Å²) in [5, 5.41) is 10.4. The quantitative estimate of drug-likeness (QED) is 0.849. The molecule has 2 N–H and O–H groups in total. The summed E-state index contributed by atoms with van der Waals surface area (Å²) in [5.74, 6) is 0.884. The molecule has 0 aliphatic heterocycles. The highest BCUT2D eigenvalue weighted by molar-refractivity contribution is 5.23. The summed E-state index contributed by atoms with van der Waals surface area (Å²) in [6.07, 6.45) is 2.61. The highest BCUT2D eigenvalue weighted by Crippen LogP contribution is 2.28. The lowest BCUT2D eigenvalue weighted by molar-refractivity contribution is 0.361. The number of hydrogen-bond donors (Lipinski definition) is 2. The second-order valence-electron chi connectivity index (χ2n) is 6.11. The van der Waals surface area contributed by atoms with Crippen LogP contribution in [0.15, 0.2) is 36.7 Å². The first kappa shape index (κ1) is 14.7. The van der Waals surface area contributed by atoms with Crippen molar-refractivity contribution in [2.45, 2.75) is 51.6 Å². The van der Waals surface area contributed by atoms with Crippen LogP contribution in [0.25, 0.3) is 0 Å². The normalized spacial score (nSPS) is 15.0. The molecule has 2 unspecified atom stereocenters. The van der Waals surface area contributed by atoms with E-state index in [1.54, 1.807) is 6.33 Å². The van der Waals surface area contributed by atoms with E-state index in [-0.39, 0.29) is 11.5 Å². The first-order chi connectivity index (χ1) is 9.49. The summed E-state index contributed by atoms with van der Waals surface area (Å²) in [4.78, 5) is 4.19.